The molecule has 0 aliphatic heterocycles. The lowest BCUT2D eigenvalue weighted by atomic mass is 10.3. The standard InChI is InChI=1S/C9H9BrClNO4S/c1-2-16-9(13)12-6-3-4-8(7(10)5-6)17(11,14)15/h3-5H,2H2,1H3,(H,12,13). The molecular formula is C9H9BrClNO4S. The van der Waals surface area contributed by atoms with Crippen LogP contribution in [0.2, 0.25) is 0 Å². The van der Waals surface area contributed by atoms with Gasteiger partial charge in [0.05, 0.1) is 11.5 Å². The molecule has 94 valence electrons. The monoisotopic (exact) mass is 341 g/mol. The van der Waals surface area contributed by atoms with E-state index in [4.69, 9.17) is 10.7 Å². The third-order valence-corrected chi connectivity index (χ3v) is 4.01. The molecule has 0 atom stereocenters. The molecule has 0 radical (unpaired) electrons. The molecule has 0 aromatic heterocycles. The van der Waals surface area contributed by atoms with Crippen LogP contribution in [0.4, 0.5) is 10.5 Å². The molecule has 0 aliphatic carbocycles. The van der Waals surface area contributed by atoms with Crippen molar-refractivity contribution in [3.8, 4) is 0 Å². The number of carbonyl (C=O) groups is 1. The Balaban J connectivity index is 2.94. The van der Waals surface area contributed by atoms with E-state index in [9.17, 15) is 13.2 Å². The second kappa shape index (κ2) is 5.70. The topological polar surface area (TPSA) is 72.5 Å². The minimum Gasteiger partial charge on any atom is -0.450 e. The van der Waals surface area contributed by atoms with E-state index in [0.717, 1.165) is 0 Å². The van der Waals surface area contributed by atoms with Crippen molar-refractivity contribution >= 4 is 47.4 Å². The lowest BCUT2D eigenvalue weighted by Crippen LogP contribution is -2.13. The van der Waals surface area contributed by atoms with Gasteiger partial charge in [0, 0.05) is 20.8 Å². The maximum absolute atomic E-state index is 11.1. The van der Waals surface area contributed by atoms with E-state index < -0.39 is 15.1 Å². The Kier molecular flexibility index (Phi) is 4.79. The Hall–Kier alpha value is -0.790. The van der Waals surface area contributed by atoms with Gasteiger partial charge in [-0.25, -0.2) is 13.2 Å². The molecule has 1 N–H and O–H groups in total. The summed E-state index contributed by atoms with van der Waals surface area (Å²) in [4.78, 5) is 11.1. The average molecular weight is 343 g/mol. The average Bonchev–Trinajstić information content (AvgIpc) is 2.15. The van der Waals surface area contributed by atoms with Gasteiger partial charge in [0.2, 0.25) is 0 Å². The summed E-state index contributed by atoms with van der Waals surface area (Å²) in [5, 5.41) is 2.43. The first-order valence-electron chi connectivity index (χ1n) is 4.52. The summed E-state index contributed by atoms with van der Waals surface area (Å²) in [6.07, 6.45) is -0.610. The molecule has 0 unspecified atom stereocenters. The summed E-state index contributed by atoms with van der Waals surface area (Å²) in [7, 11) is 1.39. The lowest BCUT2D eigenvalue weighted by molar-refractivity contribution is 0.168. The van der Waals surface area contributed by atoms with Crippen molar-refractivity contribution in [1.82, 2.24) is 0 Å². The summed E-state index contributed by atoms with van der Waals surface area (Å²) in [5.41, 5.74) is 0.402. The Bertz CT molecular complexity index is 532. The van der Waals surface area contributed by atoms with E-state index >= 15 is 0 Å². The Labute approximate surface area is 112 Å². The Morgan fingerprint density at radius 1 is 1.53 bits per heavy atom. The summed E-state index contributed by atoms with van der Waals surface area (Å²) in [5.74, 6) is 0. The lowest BCUT2D eigenvalue weighted by Gasteiger charge is -2.07. The second-order valence-electron chi connectivity index (χ2n) is 2.93. The fourth-order valence-corrected chi connectivity index (χ4v) is 3.29. The van der Waals surface area contributed by atoms with Gasteiger partial charge in [-0.15, -0.1) is 0 Å². The van der Waals surface area contributed by atoms with Crippen LogP contribution in [0.25, 0.3) is 0 Å². The van der Waals surface area contributed by atoms with Gasteiger partial charge in [0.25, 0.3) is 9.05 Å². The van der Waals surface area contributed by atoms with Crippen LogP contribution < -0.4 is 5.32 Å². The highest BCUT2D eigenvalue weighted by atomic mass is 79.9. The third-order valence-electron chi connectivity index (χ3n) is 1.72. The van der Waals surface area contributed by atoms with Crippen molar-refractivity contribution in [1.29, 1.82) is 0 Å². The number of ether oxygens (including phenoxy) is 1. The van der Waals surface area contributed by atoms with Gasteiger partial charge in [-0.3, -0.25) is 5.32 Å². The maximum atomic E-state index is 11.1. The molecule has 1 aromatic rings. The van der Waals surface area contributed by atoms with Crippen molar-refractivity contribution in [2.24, 2.45) is 0 Å². The Morgan fingerprint density at radius 2 is 2.18 bits per heavy atom. The smallest absolute Gasteiger partial charge is 0.411 e. The molecule has 1 amide bonds. The molecule has 0 saturated carbocycles. The molecule has 0 bridgehead atoms. The molecule has 0 spiro atoms. The van der Waals surface area contributed by atoms with Crippen LogP contribution in [0.1, 0.15) is 6.92 Å². The Morgan fingerprint density at radius 3 is 2.65 bits per heavy atom. The molecule has 1 aromatic carbocycles. The summed E-state index contributed by atoms with van der Waals surface area (Å²) < 4.78 is 27.2. The molecule has 1 rings (SSSR count). The fourth-order valence-electron chi connectivity index (χ4n) is 1.06. The van der Waals surface area contributed by atoms with Gasteiger partial charge in [0.1, 0.15) is 0 Å². The van der Waals surface area contributed by atoms with Crippen LogP contribution in [0.3, 0.4) is 0 Å². The molecule has 5 nitrogen and oxygen atoms in total. The molecule has 0 heterocycles. The summed E-state index contributed by atoms with van der Waals surface area (Å²) >= 11 is 3.06. The number of nitrogens with one attached hydrogen (secondary N) is 1. The molecule has 17 heavy (non-hydrogen) atoms. The van der Waals surface area contributed by atoms with E-state index in [1.54, 1.807) is 6.92 Å². The number of carbonyl (C=O) groups excluding carboxylic acids is 1. The SMILES string of the molecule is CCOC(=O)Nc1ccc(S(=O)(=O)Cl)c(Br)c1. The highest BCUT2D eigenvalue weighted by Crippen LogP contribution is 2.27. The molecule has 0 saturated heterocycles. The first kappa shape index (κ1) is 14.3. The van der Waals surface area contributed by atoms with Crippen LogP contribution in [-0.4, -0.2) is 21.1 Å². The zero-order chi connectivity index (χ0) is 13.1. The zero-order valence-corrected chi connectivity index (χ0v) is 11.9. The first-order valence-corrected chi connectivity index (χ1v) is 7.63. The van der Waals surface area contributed by atoms with Crippen molar-refractivity contribution in [3.63, 3.8) is 0 Å². The van der Waals surface area contributed by atoms with Crippen molar-refractivity contribution in [3.05, 3.63) is 22.7 Å². The second-order valence-corrected chi connectivity index (χ2v) is 6.32. The molecule has 0 aliphatic rings. The van der Waals surface area contributed by atoms with Crippen LogP contribution in [0.15, 0.2) is 27.6 Å². The van der Waals surface area contributed by atoms with E-state index in [1.807, 2.05) is 0 Å². The summed E-state index contributed by atoms with van der Waals surface area (Å²) in [6, 6.07) is 4.12. The van der Waals surface area contributed by atoms with Crippen LogP contribution in [0, 0.1) is 0 Å². The number of anilines is 1. The van der Waals surface area contributed by atoms with Gasteiger partial charge in [0.15, 0.2) is 0 Å². The van der Waals surface area contributed by atoms with Gasteiger partial charge >= 0.3 is 6.09 Å². The largest absolute Gasteiger partial charge is 0.450 e. The quantitative estimate of drug-likeness (QED) is 0.857. The highest BCUT2D eigenvalue weighted by molar-refractivity contribution is 9.10. The number of halogens is 2. The van der Waals surface area contributed by atoms with E-state index in [0.29, 0.717) is 5.69 Å². The number of amides is 1. The fraction of sp³-hybridized carbons (Fsp3) is 0.222. The molecule has 8 heteroatoms. The number of benzene rings is 1. The van der Waals surface area contributed by atoms with Crippen molar-refractivity contribution < 1.29 is 17.9 Å². The normalized spacial score (nSPS) is 11.0. The van der Waals surface area contributed by atoms with E-state index in [-0.39, 0.29) is 16.0 Å². The van der Waals surface area contributed by atoms with Crippen molar-refractivity contribution in [2.75, 3.05) is 11.9 Å². The highest BCUT2D eigenvalue weighted by Gasteiger charge is 2.15. The predicted molar refractivity (Wildman–Crippen MR) is 67.8 cm³/mol. The van der Waals surface area contributed by atoms with Crippen LogP contribution in [0.5, 0.6) is 0 Å². The van der Waals surface area contributed by atoms with Gasteiger partial charge < -0.3 is 4.74 Å². The number of rotatable bonds is 3. The zero-order valence-electron chi connectivity index (χ0n) is 8.74. The van der Waals surface area contributed by atoms with Gasteiger partial charge in [-0.1, -0.05) is 0 Å². The number of hydrogen-bond donors (Lipinski definition) is 1. The van der Waals surface area contributed by atoms with Crippen LogP contribution >= 0.6 is 26.6 Å². The molecule has 0 fully saturated rings. The maximum Gasteiger partial charge on any atom is 0.411 e. The van der Waals surface area contributed by atoms with E-state index in [1.165, 1.54) is 18.2 Å². The minimum absolute atomic E-state index is 0.0615. The minimum atomic E-state index is -3.81. The number of hydrogen-bond acceptors (Lipinski definition) is 4. The summed E-state index contributed by atoms with van der Waals surface area (Å²) in [6.45, 7) is 1.93. The first-order chi connectivity index (χ1) is 7.84. The predicted octanol–water partition coefficient (Wildman–Crippen LogP) is 2.95. The van der Waals surface area contributed by atoms with E-state index in [2.05, 4.69) is 26.0 Å². The van der Waals surface area contributed by atoms with Gasteiger partial charge in [-0.2, -0.15) is 0 Å². The molecular weight excluding hydrogens is 334 g/mol. The van der Waals surface area contributed by atoms with Crippen molar-refractivity contribution in [2.45, 2.75) is 11.8 Å². The van der Waals surface area contributed by atoms with Crippen LogP contribution in [-0.2, 0) is 13.8 Å². The van der Waals surface area contributed by atoms with Gasteiger partial charge in [-0.05, 0) is 41.1 Å². The third kappa shape index (κ3) is 4.18.